The lowest BCUT2D eigenvalue weighted by Crippen LogP contribution is -2.32. The van der Waals surface area contributed by atoms with Gasteiger partial charge in [-0.25, -0.2) is 0 Å². The van der Waals surface area contributed by atoms with E-state index in [1.165, 1.54) is 0 Å². The molecule has 0 saturated heterocycles. The molecule has 2 aromatic carbocycles. The number of rotatable bonds is 5. The van der Waals surface area contributed by atoms with Crippen molar-refractivity contribution in [1.82, 2.24) is 0 Å². The standard InChI is InChI=1S/C18H21NO4/c1-10-8-14(4-5-16(10)20)23-17-11(2)6-13(7-12(17)3)9-15(19)18(21)22/h4-8,15,20H,9,19H2,1-3H3,(H,21,22). The van der Waals surface area contributed by atoms with Crippen LogP contribution >= 0.6 is 0 Å². The number of hydrogen-bond acceptors (Lipinski definition) is 4. The summed E-state index contributed by atoms with van der Waals surface area (Å²) in [6, 6.07) is 7.92. The molecule has 0 aliphatic heterocycles. The van der Waals surface area contributed by atoms with Gasteiger partial charge in [-0.2, -0.15) is 0 Å². The van der Waals surface area contributed by atoms with Gasteiger partial charge in [-0.1, -0.05) is 12.1 Å². The van der Waals surface area contributed by atoms with Crippen LogP contribution in [0.3, 0.4) is 0 Å². The Hall–Kier alpha value is -2.53. The molecule has 0 aliphatic carbocycles. The topological polar surface area (TPSA) is 92.8 Å². The molecule has 0 aromatic heterocycles. The Balaban J connectivity index is 2.26. The van der Waals surface area contributed by atoms with E-state index in [0.717, 1.165) is 28.0 Å². The Morgan fingerprint density at radius 1 is 1.13 bits per heavy atom. The molecule has 0 amide bonds. The smallest absolute Gasteiger partial charge is 0.320 e. The predicted octanol–water partition coefficient (Wildman–Crippen LogP) is 3.06. The summed E-state index contributed by atoms with van der Waals surface area (Å²) in [6.45, 7) is 5.62. The highest BCUT2D eigenvalue weighted by molar-refractivity contribution is 5.73. The zero-order chi connectivity index (χ0) is 17.1. The molecule has 0 heterocycles. The van der Waals surface area contributed by atoms with Crippen molar-refractivity contribution in [2.24, 2.45) is 5.73 Å². The second-order valence-electron chi connectivity index (χ2n) is 5.76. The number of aliphatic carboxylic acids is 1. The van der Waals surface area contributed by atoms with E-state index >= 15 is 0 Å². The van der Waals surface area contributed by atoms with Crippen LogP contribution in [0.5, 0.6) is 17.2 Å². The van der Waals surface area contributed by atoms with Crippen molar-refractivity contribution in [3.05, 3.63) is 52.6 Å². The van der Waals surface area contributed by atoms with Gasteiger partial charge in [0.2, 0.25) is 0 Å². The molecule has 23 heavy (non-hydrogen) atoms. The van der Waals surface area contributed by atoms with Crippen molar-refractivity contribution in [2.45, 2.75) is 33.2 Å². The molecule has 1 atom stereocenters. The van der Waals surface area contributed by atoms with Gasteiger partial charge < -0.3 is 20.7 Å². The van der Waals surface area contributed by atoms with E-state index in [4.69, 9.17) is 15.6 Å². The Morgan fingerprint density at radius 2 is 1.74 bits per heavy atom. The molecule has 122 valence electrons. The minimum Gasteiger partial charge on any atom is -0.508 e. The number of aryl methyl sites for hydroxylation is 3. The summed E-state index contributed by atoms with van der Waals surface area (Å²) in [5, 5.41) is 18.5. The van der Waals surface area contributed by atoms with Crippen molar-refractivity contribution < 1.29 is 19.7 Å². The Morgan fingerprint density at radius 3 is 2.26 bits per heavy atom. The first-order valence-electron chi connectivity index (χ1n) is 7.34. The quantitative estimate of drug-likeness (QED) is 0.788. The van der Waals surface area contributed by atoms with E-state index < -0.39 is 12.0 Å². The van der Waals surface area contributed by atoms with Crippen LogP contribution < -0.4 is 10.5 Å². The van der Waals surface area contributed by atoms with Gasteiger partial charge in [0.25, 0.3) is 0 Å². The number of carboxylic acid groups (broad SMARTS) is 1. The second kappa shape index (κ2) is 6.71. The molecule has 5 heteroatoms. The zero-order valence-electron chi connectivity index (χ0n) is 13.5. The summed E-state index contributed by atoms with van der Waals surface area (Å²) in [4.78, 5) is 10.9. The highest BCUT2D eigenvalue weighted by atomic mass is 16.5. The Kier molecular flexibility index (Phi) is 4.91. The van der Waals surface area contributed by atoms with Crippen LogP contribution in [0.4, 0.5) is 0 Å². The molecule has 2 aromatic rings. The van der Waals surface area contributed by atoms with Crippen LogP contribution in [0.15, 0.2) is 30.3 Å². The van der Waals surface area contributed by atoms with E-state index in [2.05, 4.69) is 0 Å². The van der Waals surface area contributed by atoms with Crippen molar-refractivity contribution in [2.75, 3.05) is 0 Å². The lowest BCUT2D eigenvalue weighted by atomic mass is 10.0. The van der Waals surface area contributed by atoms with Gasteiger partial charge in [-0.3, -0.25) is 4.79 Å². The van der Waals surface area contributed by atoms with Crippen molar-refractivity contribution in [1.29, 1.82) is 0 Å². The zero-order valence-corrected chi connectivity index (χ0v) is 13.5. The van der Waals surface area contributed by atoms with E-state index in [1.807, 2.05) is 26.0 Å². The Labute approximate surface area is 135 Å². The number of carboxylic acids is 1. The summed E-state index contributed by atoms with van der Waals surface area (Å²) >= 11 is 0. The monoisotopic (exact) mass is 315 g/mol. The first-order valence-corrected chi connectivity index (χ1v) is 7.34. The van der Waals surface area contributed by atoms with Gasteiger partial charge in [0, 0.05) is 0 Å². The van der Waals surface area contributed by atoms with Crippen LogP contribution in [0.1, 0.15) is 22.3 Å². The molecular weight excluding hydrogens is 294 g/mol. The predicted molar refractivity (Wildman–Crippen MR) is 88.1 cm³/mol. The minimum atomic E-state index is -1.01. The Bertz CT molecular complexity index is 717. The van der Waals surface area contributed by atoms with Crippen LogP contribution in [0, 0.1) is 20.8 Å². The van der Waals surface area contributed by atoms with Crippen molar-refractivity contribution in [3.8, 4) is 17.2 Å². The molecule has 2 rings (SSSR count). The molecule has 0 fully saturated rings. The van der Waals surface area contributed by atoms with Crippen LogP contribution in [-0.4, -0.2) is 22.2 Å². The lowest BCUT2D eigenvalue weighted by Gasteiger charge is -2.15. The summed E-state index contributed by atoms with van der Waals surface area (Å²) < 4.78 is 5.92. The first-order chi connectivity index (χ1) is 10.8. The third-order valence-electron chi connectivity index (χ3n) is 3.68. The fourth-order valence-corrected chi connectivity index (χ4v) is 2.47. The molecule has 0 radical (unpaired) electrons. The maximum atomic E-state index is 10.9. The fourth-order valence-electron chi connectivity index (χ4n) is 2.47. The largest absolute Gasteiger partial charge is 0.508 e. The van der Waals surface area contributed by atoms with Crippen LogP contribution in [0.25, 0.3) is 0 Å². The molecule has 0 aliphatic rings. The number of aromatic hydroxyl groups is 1. The molecule has 0 bridgehead atoms. The van der Waals surface area contributed by atoms with E-state index in [1.54, 1.807) is 25.1 Å². The number of carbonyl (C=O) groups is 1. The van der Waals surface area contributed by atoms with Gasteiger partial charge in [0.1, 0.15) is 23.3 Å². The maximum absolute atomic E-state index is 10.9. The fraction of sp³-hybridized carbons (Fsp3) is 0.278. The molecule has 5 nitrogen and oxygen atoms in total. The highest BCUT2D eigenvalue weighted by Crippen LogP contribution is 2.32. The number of nitrogens with two attached hydrogens (primary N) is 1. The molecule has 0 saturated carbocycles. The number of phenols is 1. The number of phenolic OH excluding ortho intramolecular Hbond substituents is 1. The summed E-state index contributed by atoms with van der Waals surface area (Å²) in [6.07, 6.45) is 0.273. The van der Waals surface area contributed by atoms with Gasteiger partial charge in [-0.05, 0) is 67.6 Å². The summed E-state index contributed by atoms with van der Waals surface area (Å²) in [7, 11) is 0. The lowest BCUT2D eigenvalue weighted by molar-refractivity contribution is -0.138. The van der Waals surface area contributed by atoms with Crippen molar-refractivity contribution >= 4 is 5.97 Å². The summed E-state index contributed by atoms with van der Waals surface area (Å²) in [5.74, 6) is 0.577. The van der Waals surface area contributed by atoms with Gasteiger partial charge in [0.05, 0.1) is 0 Å². The van der Waals surface area contributed by atoms with E-state index in [-0.39, 0.29) is 12.2 Å². The number of ether oxygens (including phenoxy) is 1. The highest BCUT2D eigenvalue weighted by Gasteiger charge is 2.15. The second-order valence-corrected chi connectivity index (χ2v) is 5.76. The molecular formula is C18H21NO4. The number of benzene rings is 2. The average Bonchev–Trinajstić information content (AvgIpc) is 2.46. The van der Waals surface area contributed by atoms with E-state index in [9.17, 15) is 9.90 Å². The maximum Gasteiger partial charge on any atom is 0.320 e. The van der Waals surface area contributed by atoms with E-state index in [0.29, 0.717) is 5.75 Å². The molecule has 0 spiro atoms. The number of hydrogen-bond donors (Lipinski definition) is 3. The van der Waals surface area contributed by atoms with Crippen molar-refractivity contribution in [3.63, 3.8) is 0 Å². The molecule has 4 N–H and O–H groups in total. The normalized spacial score (nSPS) is 12.0. The van der Waals surface area contributed by atoms with Gasteiger partial charge in [-0.15, -0.1) is 0 Å². The van der Waals surface area contributed by atoms with Gasteiger partial charge in [0.15, 0.2) is 0 Å². The first kappa shape index (κ1) is 16.8. The van der Waals surface area contributed by atoms with Crippen LogP contribution in [-0.2, 0) is 11.2 Å². The van der Waals surface area contributed by atoms with Gasteiger partial charge >= 0.3 is 5.97 Å². The molecule has 1 unspecified atom stereocenters. The minimum absolute atomic E-state index is 0.226. The SMILES string of the molecule is Cc1cc(Oc2c(C)cc(CC(N)C(=O)O)cc2C)ccc1O. The average molecular weight is 315 g/mol. The summed E-state index contributed by atoms with van der Waals surface area (Å²) in [5.41, 5.74) is 9.00. The third kappa shape index (κ3) is 4.02. The van der Waals surface area contributed by atoms with Crippen LogP contribution in [0.2, 0.25) is 0 Å². The third-order valence-corrected chi connectivity index (χ3v) is 3.68.